The topological polar surface area (TPSA) is 94.4 Å². The summed E-state index contributed by atoms with van der Waals surface area (Å²) < 4.78 is 16.4. The fourth-order valence-electron chi connectivity index (χ4n) is 4.04. The van der Waals surface area contributed by atoms with E-state index >= 15 is 0 Å². The minimum atomic E-state index is -0.742. The number of carbonyl (C=O) groups is 2. The molecule has 162 valence electrons. The van der Waals surface area contributed by atoms with Crippen molar-refractivity contribution in [3.63, 3.8) is 0 Å². The van der Waals surface area contributed by atoms with Gasteiger partial charge in [0.1, 0.15) is 12.5 Å². The molecule has 7 nitrogen and oxygen atoms in total. The van der Waals surface area contributed by atoms with E-state index in [1.165, 1.54) is 7.11 Å². The van der Waals surface area contributed by atoms with Crippen LogP contribution in [0.4, 0.5) is 0 Å². The van der Waals surface area contributed by atoms with Crippen molar-refractivity contribution in [2.45, 2.75) is 39.0 Å². The maximum absolute atomic E-state index is 13.1. The first-order valence-electron chi connectivity index (χ1n) is 10.0. The molecule has 1 unspecified atom stereocenters. The molecule has 0 saturated heterocycles. The molecule has 1 heterocycles. The molecule has 30 heavy (non-hydrogen) atoms. The van der Waals surface area contributed by atoms with Crippen molar-refractivity contribution in [3.05, 3.63) is 33.4 Å². The average molecular weight is 480 g/mol. The second kappa shape index (κ2) is 9.75. The van der Waals surface area contributed by atoms with Gasteiger partial charge in [-0.05, 0) is 60.3 Å². The van der Waals surface area contributed by atoms with Gasteiger partial charge in [0.15, 0.2) is 17.3 Å². The standard InChI is InChI=1S/C22H26BrNO6/c1-4-29-8-9-30-22(27)18-12(2)24-15-6-5-7-16(25)20(15)19(18)13-10-14(23)21(26)17(11-13)28-3/h10-11,18-19,26H,4-9H2,1-3H3/t18?,19-/m0/s1. The number of phenols is 1. The summed E-state index contributed by atoms with van der Waals surface area (Å²) in [6.45, 7) is 4.63. The molecule has 2 atom stereocenters. The van der Waals surface area contributed by atoms with Crippen LogP contribution in [0.25, 0.3) is 0 Å². The Kier molecular flexibility index (Phi) is 7.31. The highest BCUT2D eigenvalue weighted by Crippen LogP contribution is 2.46. The number of phenolic OH excluding ortho intramolecular Hbond substituents is 1. The zero-order valence-corrected chi connectivity index (χ0v) is 19.0. The van der Waals surface area contributed by atoms with E-state index in [0.29, 0.717) is 47.4 Å². The summed E-state index contributed by atoms with van der Waals surface area (Å²) >= 11 is 3.34. The Bertz CT molecular complexity index is 907. The summed E-state index contributed by atoms with van der Waals surface area (Å²) in [5.41, 5.74) is 2.58. The molecule has 0 radical (unpaired) electrons. The second-order valence-electron chi connectivity index (χ2n) is 7.26. The van der Waals surface area contributed by atoms with Crippen LogP contribution in [-0.2, 0) is 19.1 Å². The molecule has 1 aliphatic carbocycles. The Morgan fingerprint density at radius 3 is 2.77 bits per heavy atom. The lowest BCUT2D eigenvalue weighted by atomic mass is 9.71. The number of carbonyl (C=O) groups excluding carboxylic acids is 2. The Balaban J connectivity index is 2.06. The maximum Gasteiger partial charge on any atom is 0.315 e. The van der Waals surface area contributed by atoms with Crippen LogP contribution < -0.4 is 4.74 Å². The highest BCUT2D eigenvalue weighted by molar-refractivity contribution is 9.10. The van der Waals surface area contributed by atoms with E-state index < -0.39 is 17.8 Å². The minimum Gasteiger partial charge on any atom is -0.503 e. The number of benzene rings is 1. The molecule has 1 aromatic carbocycles. The zero-order chi connectivity index (χ0) is 21.8. The Labute approximate surface area is 184 Å². The molecule has 0 fully saturated rings. The number of nitrogens with zero attached hydrogens (tertiary/aromatic N) is 1. The van der Waals surface area contributed by atoms with Crippen LogP contribution in [0.1, 0.15) is 44.6 Å². The number of hydrogen-bond donors (Lipinski definition) is 1. The quantitative estimate of drug-likeness (QED) is 0.470. The number of halogens is 1. The minimum absolute atomic E-state index is 0.00668. The van der Waals surface area contributed by atoms with Crippen LogP contribution >= 0.6 is 15.9 Å². The van der Waals surface area contributed by atoms with E-state index in [0.717, 1.165) is 12.1 Å². The number of aromatic hydroxyl groups is 1. The van der Waals surface area contributed by atoms with Gasteiger partial charge < -0.3 is 19.3 Å². The van der Waals surface area contributed by atoms with Gasteiger partial charge in [-0.3, -0.25) is 14.6 Å². The van der Waals surface area contributed by atoms with Crippen molar-refractivity contribution in [1.82, 2.24) is 0 Å². The molecule has 0 bridgehead atoms. The van der Waals surface area contributed by atoms with Gasteiger partial charge in [-0.1, -0.05) is 0 Å². The molecule has 3 rings (SSSR count). The van der Waals surface area contributed by atoms with Crippen molar-refractivity contribution >= 4 is 33.4 Å². The lowest BCUT2D eigenvalue weighted by molar-refractivity contribution is -0.148. The lowest BCUT2D eigenvalue weighted by Crippen LogP contribution is -2.37. The third-order valence-corrected chi connectivity index (χ3v) is 6.00. The van der Waals surface area contributed by atoms with Crippen LogP contribution in [0.15, 0.2) is 32.9 Å². The normalized spacial score (nSPS) is 21.2. The smallest absolute Gasteiger partial charge is 0.315 e. The number of hydrogen-bond acceptors (Lipinski definition) is 7. The van der Waals surface area contributed by atoms with Crippen molar-refractivity contribution in [3.8, 4) is 11.5 Å². The lowest BCUT2D eigenvalue weighted by Gasteiger charge is -2.34. The Morgan fingerprint density at radius 2 is 2.07 bits per heavy atom. The molecule has 1 N–H and O–H groups in total. The average Bonchev–Trinajstić information content (AvgIpc) is 2.72. The van der Waals surface area contributed by atoms with E-state index in [2.05, 4.69) is 20.9 Å². The fraction of sp³-hybridized carbons (Fsp3) is 0.500. The molecular weight excluding hydrogens is 454 g/mol. The van der Waals surface area contributed by atoms with Gasteiger partial charge in [0.2, 0.25) is 0 Å². The predicted octanol–water partition coefficient (Wildman–Crippen LogP) is 3.92. The SMILES string of the molecule is CCOCCOC(=O)C1C(C)=NC2=C(C(=O)CCC2)[C@H]1c1cc(Br)c(O)c(OC)c1. The summed E-state index contributed by atoms with van der Waals surface area (Å²) in [5, 5.41) is 10.2. The maximum atomic E-state index is 13.1. The van der Waals surface area contributed by atoms with Crippen LogP contribution in [0.2, 0.25) is 0 Å². The van der Waals surface area contributed by atoms with E-state index in [4.69, 9.17) is 14.2 Å². The Morgan fingerprint density at radius 1 is 1.30 bits per heavy atom. The predicted molar refractivity (Wildman–Crippen MR) is 115 cm³/mol. The van der Waals surface area contributed by atoms with Crippen molar-refractivity contribution in [1.29, 1.82) is 0 Å². The summed E-state index contributed by atoms with van der Waals surface area (Å²) in [6, 6.07) is 3.38. The molecule has 2 aliphatic rings. The van der Waals surface area contributed by atoms with Crippen LogP contribution in [-0.4, -0.2) is 49.5 Å². The molecular formula is C22H26BrNO6. The largest absolute Gasteiger partial charge is 0.503 e. The second-order valence-corrected chi connectivity index (χ2v) is 8.12. The van der Waals surface area contributed by atoms with Crippen molar-refractivity contribution in [2.75, 3.05) is 26.9 Å². The van der Waals surface area contributed by atoms with E-state index in [9.17, 15) is 14.7 Å². The number of rotatable bonds is 7. The molecule has 8 heteroatoms. The summed E-state index contributed by atoms with van der Waals surface area (Å²) in [4.78, 5) is 30.6. The third-order valence-electron chi connectivity index (χ3n) is 5.39. The molecule has 1 aromatic rings. The molecule has 1 aliphatic heterocycles. The van der Waals surface area contributed by atoms with Crippen LogP contribution in [0.3, 0.4) is 0 Å². The highest BCUT2D eigenvalue weighted by Gasteiger charge is 2.43. The molecule has 0 amide bonds. The van der Waals surface area contributed by atoms with E-state index in [-0.39, 0.29) is 23.9 Å². The van der Waals surface area contributed by atoms with Gasteiger partial charge in [0.25, 0.3) is 0 Å². The monoisotopic (exact) mass is 479 g/mol. The van der Waals surface area contributed by atoms with Gasteiger partial charge in [-0.2, -0.15) is 0 Å². The molecule has 0 aromatic heterocycles. The zero-order valence-electron chi connectivity index (χ0n) is 17.4. The fourth-order valence-corrected chi connectivity index (χ4v) is 4.50. The van der Waals surface area contributed by atoms with Crippen molar-refractivity contribution in [2.24, 2.45) is 10.9 Å². The number of ketones is 1. The number of methoxy groups -OCH3 is 1. The number of aliphatic imine (C=N–C) groups is 1. The number of ether oxygens (including phenoxy) is 3. The van der Waals surface area contributed by atoms with Gasteiger partial charge >= 0.3 is 5.97 Å². The highest BCUT2D eigenvalue weighted by atomic mass is 79.9. The summed E-state index contributed by atoms with van der Waals surface area (Å²) in [7, 11) is 1.45. The number of esters is 1. The van der Waals surface area contributed by atoms with Crippen LogP contribution in [0, 0.1) is 5.92 Å². The molecule has 0 spiro atoms. The van der Waals surface area contributed by atoms with Gasteiger partial charge in [0.05, 0.1) is 18.2 Å². The first kappa shape index (κ1) is 22.5. The summed E-state index contributed by atoms with van der Waals surface area (Å²) in [6.07, 6.45) is 1.86. The first-order chi connectivity index (χ1) is 14.4. The van der Waals surface area contributed by atoms with E-state index in [1.54, 1.807) is 19.1 Å². The first-order valence-corrected chi connectivity index (χ1v) is 10.8. The Hall–Kier alpha value is -2.19. The number of allylic oxidation sites excluding steroid dienone is 2. The molecule has 0 saturated carbocycles. The number of Topliss-reactive ketones (excluding diaryl/α,β-unsaturated/α-hetero) is 1. The van der Waals surface area contributed by atoms with Gasteiger partial charge in [-0.25, -0.2) is 0 Å². The third kappa shape index (κ3) is 4.44. The van der Waals surface area contributed by atoms with Gasteiger partial charge in [-0.15, -0.1) is 0 Å². The van der Waals surface area contributed by atoms with Crippen molar-refractivity contribution < 1.29 is 28.9 Å². The van der Waals surface area contributed by atoms with Gasteiger partial charge in [0, 0.05) is 35.9 Å². The summed E-state index contributed by atoms with van der Waals surface area (Å²) in [5.74, 6) is -1.54. The van der Waals surface area contributed by atoms with E-state index in [1.807, 2.05) is 6.92 Å². The van der Waals surface area contributed by atoms with Crippen LogP contribution in [0.5, 0.6) is 11.5 Å².